The summed E-state index contributed by atoms with van der Waals surface area (Å²) in [5, 5.41) is 14.7. The molecule has 0 spiro atoms. The number of carbonyl (C=O) groups is 1. The highest BCUT2D eigenvalue weighted by Gasteiger charge is 2.45. The Labute approximate surface area is 93.8 Å². The van der Waals surface area contributed by atoms with Crippen LogP contribution in [0.5, 0.6) is 0 Å². The summed E-state index contributed by atoms with van der Waals surface area (Å²) in [7, 11) is 0. The van der Waals surface area contributed by atoms with Gasteiger partial charge in [0.2, 0.25) is 5.91 Å². The van der Waals surface area contributed by atoms with Gasteiger partial charge in [0.1, 0.15) is 5.41 Å². The highest BCUT2D eigenvalue weighted by atomic mass is 16.5. The van der Waals surface area contributed by atoms with Crippen molar-refractivity contribution < 1.29 is 14.7 Å². The van der Waals surface area contributed by atoms with Gasteiger partial charge in [0.15, 0.2) is 5.84 Å². The lowest BCUT2D eigenvalue weighted by Crippen LogP contribution is -2.53. The topological polar surface area (TPSA) is 96.9 Å². The Kier molecular flexibility index (Phi) is 3.00. The number of carbonyl (C=O) groups excluding carboxylic acids is 1. The molecule has 90 valence electrons. The number of oxime groups is 1. The van der Waals surface area contributed by atoms with Gasteiger partial charge in [-0.25, -0.2) is 0 Å². The van der Waals surface area contributed by atoms with Crippen molar-refractivity contribution in [3.8, 4) is 0 Å². The molecule has 2 rings (SSSR count). The number of nitrogens with two attached hydrogens (primary N) is 1. The van der Waals surface area contributed by atoms with E-state index in [0.717, 1.165) is 12.8 Å². The zero-order chi connectivity index (χ0) is 11.6. The predicted octanol–water partition coefficient (Wildman–Crippen LogP) is -0.192. The quantitative estimate of drug-likeness (QED) is 0.269. The minimum absolute atomic E-state index is 0.00560. The Morgan fingerprint density at radius 1 is 1.44 bits per heavy atom. The van der Waals surface area contributed by atoms with E-state index in [1.165, 1.54) is 0 Å². The fourth-order valence-electron chi connectivity index (χ4n) is 1.97. The highest BCUT2D eigenvalue weighted by Crippen LogP contribution is 2.32. The van der Waals surface area contributed by atoms with Crippen LogP contribution < -0.4 is 11.1 Å². The van der Waals surface area contributed by atoms with Crippen LogP contribution in [0.3, 0.4) is 0 Å². The molecular formula is C10H17N3O3. The molecule has 2 fully saturated rings. The summed E-state index contributed by atoms with van der Waals surface area (Å²) in [5.74, 6) is -0.137. The van der Waals surface area contributed by atoms with Crippen LogP contribution in [-0.4, -0.2) is 36.2 Å². The van der Waals surface area contributed by atoms with Crippen LogP contribution >= 0.6 is 0 Å². The molecule has 1 saturated carbocycles. The number of hydrogen-bond acceptors (Lipinski definition) is 4. The van der Waals surface area contributed by atoms with Crippen molar-refractivity contribution in [3.05, 3.63) is 0 Å². The summed E-state index contributed by atoms with van der Waals surface area (Å²) in [6.07, 6.45) is 2.99. The third kappa shape index (κ3) is 1.97. The average Bonchev–Trinajstić information content (AvgIpc) is 3.12. The Morgan fingerprint density at radius 3 is 2.56 bits per heavy atom. The van der Waals surface area contributed by atoms with E-state index < -0.39 is 5.41 Å². The minimum Gasteiger partial charge on any atom is -0.409 e. The molecule has 1 heterocycles. The van der Waals surface area contributed by atoms with Gasteiger partial charge in [0, 0.05) is 19.3 Å². The zero-order valence-electron chi connectivity index (χ0n) is 9.11. The molecule has 0 aromatic heterocycles. The van der Waals surface area contributed by atoms with E-state index in [1.54, 1.807) is 0 Å². The number of hydrogen-bond donors (Lipinski definition) is 3. The van der Waals surface area contributed by atoms with Crippen molar-refractivity contribution in [1.29, 1.82) is 0 Å². The lowest BCUT2D eigenvalue weighted by Gasteiger charge is -2.34. The van der Waals surface area contributed by atoms with Crippen molar-refractivity contribution in [2.45, 2.75) is 31.7 Å². The van der Waals surface area contributed by atoms with Crippen molar-refractivity contribution in [1.82, 2.24) is 5.32 Å². The molecule has 0 aromatic carbocycles. The maximum atomic E-state index is 12.1. The third-order valence-corrected chi connectivity index (χ3v) is 3.29. The number of ether oxygens (including phenoxy) is 1. The Hall–Kier alpha value is -1.30. The summed E-state index contributed by atoms with van der Waals surface area (Å²) < 4.78 is 5.22. The molecule has 16 heavy (non-hydrogen) atoms. The van der Waals surface area contributed by atoms with E-state index in [0.29, 0.717) is 26.1 Å². The lowest BCUT2D eigenvalue weighted by atomic mass is 9.78. The van der Waals surface area contributed by atoms with Crippen LogP contribution in [-0.2, 0) is 9.53 Å². The molecule has 1 saturated heterocycles. The van der Waals surface area contributed by atoms with Crippen LogP contribution in [0.1, 0.15) is 25.7 Å². The summed E-state index contributed by atoms with van der Waals surface area (Å²) in [5.41, 5.74) is 4.78. The summed E-state index contributed by atoms with van der Waals surface area (Å²) in [6.45, 7) is 0.933. The van der Waals surface area contributed by atoms with E-state index in [1.807, 2.05) is 0 Å². The molecule has 4 N–H and O–H groups in total. The minimum atomic E-state index is -0.879. The van der Waals surface area contributed by atoms with Crippen molar-refractivity contribution in [2.24, 2.45) is 16.3 Å². The molecule has 0 atom stereocenters. The van der Waals surface area contributed by atoms with E-state index in [2.05, 4.69) is 10.5 Å². The molecule has 0 aromatic rings. The number of amides is 1. The summed E-state index contributed by atoms with van der Waals surface area (Å²) in [4.78, 5) is 12.1. The number of nitrogens with one attached hydrogen (secondary N) is 1. The number of nitrogens with zero attached hydrogens (tertiary/aromatic N) is 1. The first-order chi connectivity index (χ1) is 7.69. The Bertz CT molecular complexity index is 306. The van der Waals surface area contributed by atoms with Gasteiger partial charge in [-0.2, -0.15) is 0 Å². The molecule has 1 amide bonds. The molecule has 0 radical (unpaired) electrons. The molecule has 1 aliphatic carbocycles. The van der Waals surface area contributed by atoms with Crippen LogP contribution in [0.4, 0.5) is 0 Å². The molecule has 0 unspecified atom stereocenters. The summed E-state index contributed by atoms with van der Waals surface area (Å²) >= 11 is 0. The zero-order valence-corrected chi connectivity index (χ0v) is 9.11. The first-order valence-electron chi connectivity index (χ1n) is 5.56. The molecule has 1 aliphatic heterocycles. The summed E-state index contributed by atoms with van der Waals surface area (Å²) in [6, 6.07) is 0.277. The Morgan fingerprint density at radius 2 is 2.06 bits per heavy atom. The van der Waals surface area contributed by atoms with Gasteiger partial charge in [-0.15, -0.1) is 0 Å². The molecule has 2 aliphatic rings. The second kappa shape index (κ2) is 4.29. The fraction of sp³-hybridized carbons (Fsp3) is 0.800. The van der Waals surface area contributed by atoms with Crippen molar-refractivity contribution in [2.75, 3.05) is 13.2 Å². The highest BCUT2D eigenvalue weighted by molar-refractivity contribution is 6.07. The number of amidine groups is 1. The second-order valence-electron chi connectivity index (χ2n) is 4.43. The maximum Gasteiger partial charge on any atom is 0.234 e. The normalized spacial score (nSPS) is 25.1. The molecule has 6 nitrogen and oxygen atoms in total. The van der Waals surface area contributed by atoms with E-state index >= 15 is 0 Å². The van der Waals surface area contributed by atoms with Crippen LogP contribution in [0.15, 0.2) is 5.16 Å². The first-order valence-corrected chi connectivity index (χ1v) is 5.56. The van der Waals surface area contributed by atoms with Crippen LogP contribution in [0.25, 0.3) is 0 Å². The largest absolute Gasteiger partial charge is 0.409 e. The monoisotopic (exact) mass is 227 g/mol. The van der Waals surface area contributed by atoms with E-state index in [4.69, 9.17) is 15.7 Å². The van der Waals surface area contributed by atoms with Gasteiger partial charge >= 0.3 is 0 Å². The van der Waals surface area contributed by atoms with Crippen molar-refractivity contribution in [3.63, 3.8) is 0 Å². The van der Waals surface area contributed by atoms with E-state index in [-0.39, 0.29) is 17.8 Å². The van der Waals surface area contributed by atoms with Gasteiger partial charge < -0.3 is 21.0 Å². The van der Waals surface area contributed by atoms with Crippen LogP contribution in [0, 0.1) is 5.41 Å². The van der Waals surface area contributed by atoms with Gasteiger partial charge in [0.05, 0.1) is 0 Å². The van der Waals surface area contributed by atoms with Gasteiger partial charge in [-0.3, -0.25) is 4.79 Å². The maximum absolute atomic E-state index is 12.1. The van der Waals surface area contributed by atoms with Gasteiger partial charge in [0.25, 0.3) is 0 Å². The first kappa shape index (κ1) is 11.2. The van der Waals surface area contributed by atoms with Crippen molar-refractivity contribution >= 4 is 11.7 Å². The Balaban J connectivity index is 2.14. The third-order valence-electron chi connectivity index (χ3n) is 3.29. The van der Waals surface area contributed by atoms with E-state index in [9.17, 15) is 4.79 Å². The average molecular weight is 227 g/mol. The molecular weight excluding hydrogens is 210 g/mol. The standard InChI is InChI=1S/C10H17N3O3/c11-8(13-15)10(3-5-16-6-4-10)9(14)12-7-1-2-7/h7,15H,1-6H2,(H2,11,13)(H,12,14). The predicted molar refractivity (Wildman–Crippen MR) is 57.1 cm³/mol. The number of rotatable bonds is 3. The SMILES string of the molecule is NC(=NO)C1(C(=O)NC2CC2)CCOCC1. The lowest BCUT2D eigenvalue weighted by molar-refractivity contribution is -0.131. The van der Waals surface area contributed by atoms with Gasteiger partial charge in [-0.05, 0) is 25.7 Å². The molecule has 6 heteroatoms. The van der Waals surface area contributed by atoms with Crippen LogP contribution in [0.2, 0.25) is 0 Å². The fourth-order valence-corrected chi connectivity index (χ4v) is 1.97. The smallest absolute Gasteiger partial charge is 0.234 e. The van der Waals surface area contributed by atoms with Gasteiger partial charge in [-0.1, -0.05) is 5.16 Å². The second-order valence-corrected chi connectivity index (χ2v) is 4.43. The molecule has 0 bridgehead atoms.